The Labute approximate surface area is 107 Å². The monoisotopic (exact) mass is 250 g/mol. The number of fused-ring (bicyclic) bond motifs is 1. The first-order valence-corrected chi connectivity index (χ1v) is 6.54. The molecule has 2 N–H and O–H groups in total. The minimum absolute atomic E-state index is 0.148. The molecule has 2 heterocycles. The standard InChI is InChI=1S/C14H19FN2O/c1-17-8-9(7-16)4-13(17)11-5-10-2-3-18-14(10)6-12(11)15/h5-6,9,13H,2-4,7-8,16H2,1H3. The molecule has 3 rings (SSSR count). The molecular formula is C14H19FN2O. The van der Waals surface area contributed by atoms with Crippen LogP contribution in [0.4, 0.5) is 4.39 Å². The summed E-state index contributed by atoms with van der Waals surface area (Å²) in [5.74, 6) is 1.04. The Kier molecular flexibility index (Phi) is 2.99. The van der Waals surface area contributed by atoms with Crippen molar-refractivity contribution in [1.82, 2.24) is 4.90 Å². The summed E-state index contributed by atoms with van der Waals surface area (Å²) in [4.78, 5) is 2.21. The summed E-state index contributed by atoms with van der Waals surface area (Å²) in [5, 5.41) is 0. The van der Waals surface area contributed by atoms with Gasteiger partial charge in [0.1, 0.15) is 11.6 Å². The Hall–Kier alpha value is -1.13. The molecule has 2 aliphatic rings. The molecule has 0 aromatic heterocycles. The Morgan fingerprint density at radius 2 is 2.33 bits per heavy atom. The number of likely N-dealkylation sites (tertiary alicyclic amines) is 1. The second kappa shape index (κ2) is 4.52. The molecule has 0 radical (unpaired) electrons. The van der Waals surface area contributed by atoms with Gasteiger partial charge in [-0.3, -0.25) is 4.90 Å². The first-order chi connectivity index (χ1) is 8.69. The van der Waals surface area contributed by atoms with E-state index in [9.17, 15) is 4.39 Å². The van der Waals surface area contributed by atoms with Crippen molar-refractivity contribution in [2.45, 2.75) is 18.9 Å². The maximum absolute atomic E-state index is 14.2. The number of hydrogen-bond acceptors (Lipinski definition) is 3. The lowest BCUT2D eigenvalue weighted by Gasteiger charge is -2.20. The van der Waals surface area contributed by atoms with Crippen LogP contribution in [0.2, 0.25) is 0 Å². The third-order valence-corrected chi connectivity index (χ3v) is 4.14. The van der Waals surface area contributed by atoms with Gasteiger partial charge in [-0.05, 0) is 37.6 Å². The van der Waals surface area contributed by atoms with Crippen molar-refractivity contribution in [3.05, 3.63) is 29.1 Å². The van der Waals surface area contributed by atoms with Gasteiger partial charge in [0.2, 0.25) is 0 Å². The Balaban J connectivity index is 1.92. The Morgan fingerprint density at radius 3 is 3.06 bits per heavy atom. The highest BCUT2D eigenvalue weighted by Crippen LogP contribution is 2.38. The van der Waals surface area contributed by atoms with Crippen LogP contribution in [0.25, 0.3) is 0 Å². The second-order valence-corrected chi connectivity index (χ2v) is 5.37. The topological polar surface area (TPSA) is 38.5 Å². The van der Waals surface area contributed by atoms with E-state index in [2.05, 4.69) is 4.90 Å². The zero-order chi connectivity index (χ0) is 12.7. The average Bonchev–Trinajstić information content (AvgIpc) is 2.93. The van der Waals surface area contributed by atoms with Gasteiger partial charge in [0.15, 0.2) is 0 Å². The van der Waals surface area contributed by atoms with Gasteiger partial charge in [-0.1, -0.05) is 0 Å². The van der Waals surface area contributed by atoms with Crippen LogP contribution in [0.1, 0.15) is 23.6 Å². The normalized spacial score (nSPS) is 27.3. The summed E-state index contributed by atoms with van der Waals surface area (Å²) in [7, 11) is 2.05. The maximum atomic E-state index is 14.2. The van der Waals surface area contributed by atoms with Crippen LogP contribution in [0.3, 0.4) is 0 Å². The summed E-state index contributed by atoms with van der Waals surface area (Å²) < 4.78 is 19.6. The minimum atomic E-state index is -0.148. The van der Waals surface area contributed by atoms with Gasteiger partial charge in [0.25, 0.3) is 0 Å². The van der Waals surface area contributed by atoms with E-state index in [1.165, 1.54) is 0 Å². The van der Waals surface area contributed by atoms with Gasteiger partial charge >= 0.3 is 0 Å². The molecule has 1 aromatic carbocycles. The molecule has 3 nitrogen and oxygen atoms in total. The number of hydrogen-bond donors (Lipinski definition) is 1. The number of halogens is 1. The molecule has 18 heavy (non-hydrogen) atoms. The molecule has 2 atom stereocenters. The predicted molar refractivity (Wildman–Crippen MR) is 68.1 cm³/mol. The average molecular weight is 250 g/mol. The van der Waals surface area contributed by atoms with Crippen LogP contribution < -0.4 is 10.5 Å². The smallest absolute Gasteiger partial charge is 0.131 e. The molecule has 2 unspecified atom stereocenters. The number of benzene rings is 1. The van der Waals surface area contributed by atoms with Crippen molar-refractivity contribution in [2.75, 3.05) is 26.7 Å². The van der Waals surface area contributed by atoms with E-state index < -0.39 is 0 Å². The van der Waals surface area contributed by atoms with Gasteiger partial charge in [-0.25, -0.2) is 4.39 Å². The lowest BCUT2D eigenvalue weighted by atomic mass is 9.97. The molecule has 1 aromatic rings. The lowest BCUT2D eigenvalue weighted by Crippen LogP contribution is -2.21. The van der Waals surface area contributed by atoms with Gasteiger partial charge in [0, 0.05) is 30.6 Å². The van der Waals surface area contributed by atoms with Crippen molar-refractivity contribution in [2.24, 2.45) is 11.7 Å². The van der Waals surface area contributed by atoms with Crippen LogP contribution in [-0.4, -0.2) is 31.6 Å². The van der Waals surface area contributed by atoms with E-state index >= 15 is 0 Å². The van der Waals surface area contributed by atoms with Gasteiger partial charge < -0.3 is 10.5 Å². The van der Waals surface area contributed by atoms with Crippen LogP contribution >= 0.6 is 0 Å². The lowest BCUT2D eigenvalue weighted by molar-refractivity contribution is 0.306. The minimum Gasteiger partial charge on any atom is -0.493 e. The maximum Gasteiger partial charge on any atom is 0.131 e. The fourth-order valence-electron chi connectivity index (χ4n) is 3.11. The summed E-state index contributed by atoms with van der Waals surface area (Å²) in [6.07, 6.45) is 1.84. The molecule has 0 bridgehead atoms. The molecular weight excluding hydrogens is 231 g/mol. The van der Waals surface area contributed by atoms with E-state index in [0.717, 1.165) is 30.5 Å². The molecule has 0 aliphatic carbocycles. The van der Waals surface area contributed by atoms with Crippen molar-refractivity contribution in [1.29, 1.82) is 0 Å². The Morgan fingerprint density at radius 1 is 1.50 bits per heavy atom. The molecule has 1 fully saturated rings. The molecule has 0 saturated carbocycles. The van der Waals surface area contributed by atoms with E-state index in [0.29, 0.717) is 24.8 Å². The van der Waals surface area contributed by atoms with Crippen LogP contribution in [-0.2, 0) is 6.42 Å². The van der Waals surface area contributed by atoms with Crippen molar-refractivity contribution < 1.29 is 9.13 Å². The van der Waals surface area contributed by atoms with Gasteiger partial charge in [-0.2, -0.15) is 0 Å². The predicted octanol–water partition coefficient (Wildman–Crippen LogP) is 1.71. The Bertz CT molecular complexity index is 463. The van der Waals surface area contributed by atoms with Gasteiger partial charge in [0.05, 0.1) is 6.61 Å². The second-order valence-electron chi connectivity index (χ2n) is 5.37. The largest absolute Gasteiger partial charge is 0.493 e. The summed E-state index contributed by atoms with van der Waals surface area (Å²) in [6.45, 7) is 2.30. The van der Waals surface area contributed by atoms with Crippen molar-refractivity contribution in [3.63, 3.8) is 0 Å². The molecule has 1 saturated heterocycles. The van der Waals surface area contributed by atoms with Crippen LogP contribution in [0.15, 0.2) is 12.1 Å². The highest BCUT2D eigenvalue weighted by Gasteiger charge is 2.32. The number of nitrogens with zero attached hydrogens (tertiary/aromatic N) is 1. The molecule has 4 heteroatoms. The number of ether oxygens (including phenoxy) is 1. The van der Waals surface area contributed by atoms with Crippen LogP contribution in [0.5, 0.6) is 5.75 Å². The quantitative estimate of drug-likeness (QED) is 0.868. The fraction of sp³-hybridized carbons (Fsp3) is 0.571. The van der Waals surface area contributed by atoms with Crippen molar-refractivity contribution in [3.8, 4) is 5.75 Å². The third-order valence-electron chi connectivity index (χ3n) is 4.14. The number of nitrogens with two attached hydrogens (primary N) is 1. The summed E-state index contributed by atoms with van der Waals surface area (Å²) in [5.41, 5.74) is 7.66. The highest BCUT2D eigenvalue weighted by molar-refractivity contribution is 5.42. The van der Waals surface area contributed by atoms with E-state index in [1.807, 2.05) is 13.1 Å². The molecule has 2 aliphatic heterocycles. The first-order valence-electron chi connectivity index (χ1n) is 6.54. The zero-order valence-corrected chi connectivity index (χ0v) is 10.7. The number of rotatable bonds is 2. The van der Waals surface area contributed by atoms with E-state index in [1.54, 1.807) is 6.07 Å². The SMILES string of the molecule is CN1CC(CN)CC1c1cc2c(cc1F)OCC2. The van der Waals surface area contributed by atoms with E-state index in [4.69, 9.17) is 10.5 Å². The molecule has 98 valence electrons. The first kappa shape index (κ1) is 11.9. The molecule has 0 spiro atoms. The fourth-order valence-corrected chi connectivity index (χ4v) is 3.11. The summed E-state index contributed by atoms with van der Waals surface area (Å²) in [6, 6.07) is 3.68. The summed E-state index contributed by atoms with van der Waals surface area (Å²) >= 11 is 0. The molecule has 0 amide bonds. The van der Waals surface area contributed by atoms with Crippen molar-refractivity contribution >= 4 is 0 Å². The zero-order valence-electron chi connectivity index (χ0n) is 10.7. The van der Waals surface area contributed by atoms with Gasteiger partial charge in [-0.15, -0.1) is 0 Å². The van der Waals surface area contributed by atoms with Crippen LogP contribution in [0, 0.1) is 11.7 Å². The highest BCUT2D eigenvalue weighted by atomic mass is 19.1. The van der Waals surface area contributed by atoms with E-state index in [-0.39, 0.29) is 11.9 Å². The third kappa shape index (κ3) is 1.89.